The number of carbonyl (C=O) groups is 7. The van der Waals surface area contributed by atoms with E-state index in [1.165, 1.54) is 66.5 Å². The lowest BCUT2D eigenvalue weighted by atomic mass is 9.98. The Hall–Kier alpha value is -6.06. The van der Waals surface area contributed by atoms with Crippen LogP contribution in [-0.4, -0.2) is 118 Å². The summed E-state index contributed by atoms with van der Waals surface area (Å²) in [6, 6.07) is 33.6. The zero-order valence-electron chi connectivity index (χ0n) is 49.7. The summed E-state index contributed by atoms with van der Waals surface area (Å²) in [5, 5.41) is 12.4. The number of amides is 1. The van der Waals surface area contributed by atoms with Gasteiger partial charge in [0.25, 0.3) is 0 Å². The molecule has 1 amide bonds. The third-order valence-corrected chi connectivity index (χ3v) is 18.2. The quantitative estimate of drug-likeness (QED) is 0.0198. The monoisotopic (exact) mass is 1200 g/mol. The van der Waals surface area contributed by atoms with Crippen LogP contribution in [0.1, 0.15) is 94.4 Å². The lowest BCUT2D eigenvalue weighted by molar-refractivity contribution is -0.155. The molecule has 14 nitrogen and oxygen atoms in total. The van der Waals surface area contributed by atoms with Crippen molar-refractivity contribution in [2.75, 3.05) is 37.9 Å². The van der Waals surface area contributed by atoms with Crippen molar-refractivity contribution >= 4 is 79.9 Å². The maximum absolute atomic E-state index is 13.3. The van der Waals surface area contributed by atoms with Crippen LogP contribution in [0.15, 0.2) is 121 Å². The minimum absolute atomic E-state index is 0.0119. The van der Waals surface area contributed by atoms with Gasteiger partial charge in [0.2, 0.25) is 0 Å². The SMILES string of the molecule is CC(=O)OCC1c2ccccc2-c2ccccc21.CC(=O)SCC/C=C/[C@@H](O)CC(=O)OCC[Si](C)(C)C.CC(=O)SCC/C=C/[C@H](CC(=O)OCC[Si](C)(C)C)OC(=O)[C@@H](NC(=O)OCC1c2ccccc2-c2ccccc21)C(C)C. The molecule has 0 fully saturated rings. The number of nitrogens with one attached hydrogen (secondary N) is 1. The molecule has 2 aliphatic carbocycles. The predicted molar refractivity (Wildman–Crippen MR) is 334 cm³/mol. The van der Waals surface area contributed by atoms with Crippen molar-refractivity contribution in [1.29, 1.82) is 0 Å². The number of alkyl carbamates (subject to hydrolysis) is 1. The summed E-state index contributed by atoms with van der Waals surface area (Å²) in [5.41, 5.74) is 9.44. The standard InChI is InChI=1S/C34H45NO7SSi.C16H14O2.C14H26O4SSi/c1-23(2)32(35-34(39)41-22-30-28-16-9-7-14-26(28)27-15-8-10-17-29(27)30)33(38)42-25(13-11-12-19-43-24(3)36)21-31(37)40-18-20-44(4,5)6;1-11(17)18-10-16-14-8-4-2-6-12(14)13-7-3-5-9-15(13)16;1-12(15)19-9-6-5-7-13(16)11-14(17)18-8-10-20(2,3)4/h7-11,13-17,23,25,30,32H,12,18-22H2,1-6H3,(H,35,39);2-9,16H,10H2,1H3;5,7,13,16H,6,8-11H2,1-4H3/b13-11+;;7-5+/t25-,32+;;13-/m1.1/s1. The second-order valence-electron chi connectivity index (χ2n) is 22.8. The second-order valence-corrected chi connectivity index (χ2v) is 36.6. The van der Waals surface area contributed by atoms with E-state index in [9.17, 15) is 38.7 Å². The summed E-state index contributed by atoms with van der Waals surface area (Å²) in [7, 11) is -2.57. The molecule has 0 bridgehead atoms. The molecule has 0 unspecified atom stereocenters. The number of aliphatic hydroxyl groups excluding tert-OH is 1. The molecule has 2 aliphatic rings. The zero-order valence-corrected chi connectivity index (χ0v) is 53.3. The molecular weight excluding hydrogens is 1110 g/mol. The van der Waals surface area contributed by atoms with Gasteiger partial charge in [-0.1, -0.05) is 192 Å². The van der Waals surface area contributed by atoms with Crippen LogP contribution in [0.3, 0.4) is 0 Å². The molecular formula is C64H85NO13S2Si2. The molecule has 4 aromatic carbocycles. The number of hydrogen-bond acceptors (Lipinski definition) is 15. The van der Waals surface area contributed by atoms with Gasteiger partial charge < -0.3 is 34.1 Å². The maximum Gasteiger partial charge on any atom is 0.407 e. The molecule has 6 rings (SSSR count). The molecule has 444 valence electrons. The number of rotatable bonds is 26. The van der Waals surface area contributed by atoms with E-state index >= 15 is 0 Å². The van der Waals surface area contributed by atoms with Crippen LogP contribution in [0.5, 0.6) is 0 Å². The number of fused-ring (bicyclic) bond motifs is 6. The molecule has 0 saturated carbocycles. The molecule has 2 N–H and O–H groups in total. The fourth-order valence-electron chi connectivity index (χ4n) is 8.78. The lowest BCUT2D eigenvalue weighted by Crippen LogP contribution is -2.46. The van der Waals surface area contributed by atoms with Gasteiger partial charge in [0.05, 0.1) is 32.2 Å². The van der Waals surface area contributed by atoms with Gasteiger partial charge in [-0.2, -0.15) is 0 Å². The predicted octanol–water partition coefficient (Wildman–Crippen LogP) is 13.2. The van der Waals surface area contributed by atoms with E-state index in [-0.39, 0.29) is 59.4 Å². The number of allylic oxidation sites excluding steroid dienone is 2. The summed E-state index contributed by atoms with van der Waals surface area (Å²) >= 11 is 2.45. The van der Waals surface area contributed by atoms with Crippen molar-refractivity contribution in [3.63, 3.8) is 0 Å². The van der Waals surface area contributed by atoms with Gasteiger partial charge in [-0.3, -0.25) is 24.0 Å². The number of aliphatic hydroxyl groups is 1. The van der Waals surface area contributed by atoms with Gasteiger partial charge in [0.1, 0.15) is 25.4 Å². The Balaban J connectivity index is 0.000000311. The first kappa shape index (κ1) is 68.4. The first-order chi connectivity index (χ1) is 38.8. The fourth-order valence-corrected chi connectivity index (χ4v) is 11.3. The largest absolute Gasteiger partial charge is 0.466 e. The first-order valence-electron chi connectivity index (χ1n) is 28.1. The normalized spacial score (nSPS) is 13.7. The van der Waals surface area contributed by atoms with Crippen molar-refractivity contribution in [2.45, 2.75) is 142 Å². The average molecular weight is 1200 g/mol. The van der Waals surface area contributed by atoms with Crippen LogP contribution in [0.4, 0.5) is 4.79 Å². The average Bonchev–Trinajstić information content (AvgIpc) is 3.09. The summed E-state index contributed by atoms with van der Waals surface area (Å²) in [6.45, 7) is 22.6. The second kappa shape index (κ2) is 34.5. The molecule has 82 heavy (non-hydrogen) atoms. The fraction of sp³-hybridized carbons (Fsp3) is 0.453. The van der Waals surface area contributed by atoms with Crippen LogP contribution in [0, 0.1) is 5.92 Å². The van der Waals surface area contributed by atoms with Crippen molar-refractivity contribution in [2.24, 2.45) is 5.92 Å². The highest BCUT2D eigenvalue weighted by Crippen LogP contribution is 2.45. The molecule has 4 aromatic rings. The number of benzene rings is 4. The van der Waals surface area contributed by atoms with E-state index in [0.717, 1.165) is 34.3 Å². The summed E-state index contributed by atoms with van der Waals surface area (Å²) in [4.78, 5) is 83.2. The van der Waals surface area contributed by atoms with Crippen LogP contribution in [-0.2, 0) is 52.5 Å². The molecule has 0 saturated heterocycles. The molecule has 0 aromatic heterocycles. The van der Waals surface area contributed by atoms with Crippen molar-refractivity contribution in [3.8, 4) is 22.3 Å². The molecule has 0 heterocycles. The summed E-state index contributed by atoms with van der Waals surface area (Å²) in [5.74, 6) is -0.699. The van der Waals surface area contributed by atoms with Gasteiger partial charge in [0, 0.05) is 60.3 Å². The first-order valence-corrected chi connectivity index (χ1v) is 37.4. The van der Waals surface area contributed by atoms with Crippen molar-refractivity contribution in [1.82, 2.24) is 5.32 Å². The molecule has 0 aliphatic heterocycles. The Morgan fingerprint density at radius 3 is 1.34 bits per heavy atom. The van der Waals surface area contributed by atoms with Gasteiger partial charge in [-0.15, -0.1) is 0 Å². The number of esters is 4. The van der Waals surface area contributed by atoms with Crippen molar-refractivity contribution < 1.29 is 62.4 Å². The molecule has 0 spiro atoms. The van der Waals surface area contributed by atoms with Crippen molar-refractivity contribution in [3.05, 3.63) is 144 Å². The third kappa shape index (κ3) is 24.8. The van der Waals surface area contributed by atoms with E-state index in [2.05, 4.69) is 81.0 Å². The number of thioether (sulfide) groups is 2. The molecule has 0 radical (unpaired) electrons. The smallest absolute Gasteiger partial charge is 0.407 e. The highest BCUT2D eigenvalue weighted by molar-refractivity contribution is 8.13. The number of hydrogen-bond donors (Lipinski definition) is 2. The summed E-state index contributed by atoms with van der Waals surface area (Å²) < 4.78 is 27.1. The highest BCUT2D eigenvalue weighted by Gasteiger charge is 2.33. The Kier molecular flexibility index (Phi) is 28.8. The Morgan fingerprint density at radius 2 is 0.951 bits per heavy atom. The van der Waals surface area contributed by atoms with Gasteiger partial charge >= 0.3 is 30.0 Å². The minimum Gasteiger partial charge on any atom is -0.466 e. The molecule has 3 atom stereocenters. The highest BCUT2D eigenvalue weighted by atomic mass is 32.2. The topological polar surface area (TPSA) is 198 Å². The van der Waals surface area contributed by atoms with Crippen LogP contribution < -0.4 is 5.32 Å². The third-order valence-electron chi connectivity index (χ3n) is 13.1. The van der Waals surface area contributed by atoms with Gasteiger partial charge in [0.15, 0.2) is 10.2 Å². The van der Waals surface area contributed by atoms with Crippen LogP contribution >= 0.6 is 23.5 Å². The van der Waals surface area contributed by atoms with Gasteiger partial charge in [-0.05, 0) is 81.4 Å². The number of ether oxygens (including phenoxy) is 5. The number of carbonyl (C=O) groups excluding carboxylic acids is 7. The van der Waals surface area contributed by atoms with E-state index < -0.39 is 52.4 Å². The van der Waals surface area contributed by atoms with Crippen LogP contribution in [0.2, 0.25) is 51.4 Å². The summed E-state index contributed by atoms with van der Waals surface area (Å²) in [6.07, 6.45) is 5.49. The molecule has 18 heteroatoms. The Bertz CT molecular complexity index is 2730. The Labute approximate surface area is 496 Å². The zero-order chi connectivity index (χ0) is 60.4. The van der Waals surface area contributed by atoms with E-state index in [0.29, 0.717) is 44.2 Å². The van der Waals surface area contributed by atoms with E-state index in [4.69, 9.17) is 23.7 Å². The van der Waals surface area contributed by atoms with E-state index in [1.54, 1.807) is 38.2 Å². The van der Waals surface area contributed by atoms with Crippen LogP contribution in [0.25, 0.3) is 22.3 Å². The Morgan fingerprint density at radius 1 is 0.561 bits per heavy atom. The lowest BCUT2D eigenvalue weighted by Gasteiger charge is -2.24. The maximum atomic E-state index is 13.3. The van der Waals surface area contributed by atoms with E-state index in [1.807, 2.05) is 60.7 Å². The van der Waals surface area contributed by atoms with Gasteiger partial charge in [-0.25, -0.2) is 9.59 Å². The minimum atomic E-state index is -1.38.